The van der Waals surface area contributed by atoms with E-state index in [4.69, 9.17) is 10.2 Å². The van der Waals surface area contributed by atoms with Crippen molar-refractivity contribution in [3.05, 3.63) is 0 Å². The molecule has 1 saturated carbocycles. The van der Waals surface area contributed by atoms with Gasteiger partial charge in [-0.15, -0.1) is 0 Å². The van der Waals surface area contributed by atoms with Gasteiger partial charge in [0.15, 0.2) is 0 Å². The summed E-state index contributed by atoms with van der Waals surface area (Å²) in [6.07, 6.45) is 4.36. The lowest BCUT2D eigenvalue weighted by Gasteiger charge is -2.25. The van der Waals surface area contributed by atoms with Crippen LogP contribution in [0.15, 0.2) is 0 Å². The molecule has 0 radical (unpaired) electrons. The summed E-state index contributed by atoms with van der Waals surface area (Å²) in [6, 6.07) is 0. The molecule has 1 aliphatic carbocycles. The molecule has 0 amide bonds. The number of carbonyl (C=O) groups is 1. The fraction of sp³-hybridized carbons (Fsp3) is 0.889. The summed E-state index contributed by atoms with van der Waals surface area (Å²) in [5, 5.41) is 17.4. The zero-order valence-corrected chi connectivity index (χ0v) is 7.20. The first kappa shape index (κ1) is 9.52. The van der Waals surface area contributed by atoms with Crippen LogP contribution in [0.2, 0.25) is 0 Å². The van der Waals surface area contributed by atoms with E-state index in [1.165, 1.54) is 0 Å². The third kappa shape index (κ3) is 2.48. The van der Waals surface area contributed by atoms with Gasteiger partial charge in [0, 0.05) is 6.61 Å². The van der Waals surface area contributed by atoms with E-state index in [0.717, 1.165) is 32.1 Å². The lowest BCUT2D eigenvalue weighted by atomic mass is 9.81. The van der Waals surface area contributed by atoms with E-state index in [2.05, 4.69) is 0 Å². The minimum absolute atomic E-state index is 0.125. The highest BCUT2D eigenvalue weighted by molar-refractivity contribution is 5.69. The Hall–Kier alpha value is -0.570. The zero-order chi connectivity index (χ0) is 8.97. The maximum absolute atomic E-state index is 10.6. The number of rotatable bonds is 3. The minimum Gasteiger partial charge on any atom is -0.481 e. The van der Waals surface area contributed by atoms with E-state index in [-0.39, 0.29) is 12.5 Å². The van der Waals surface area contributed by atoms with E-state index in [1.807, 2.05) is 0 Å². The van der Waals surface area contributed by atoms with Crippen molar-refractivity contribution in [2.24, 2.45) is 11.8 Å². The number of aliphatic hydroxyl groups is 1. The molecule has 2 N–H and O–H groups in total. The second-order valence-electron chi connectivity index (χ2n) is 3.57. The molecule has 0 spiro atoms. The molecule has 0 atom stereocenters. The third-order valence-electron chi connectivity index (χ3n) is 2.73. The SMILES string of the molecule is O=C(O)C1CCC(CCO)CC1. The van der Waals surface area contributed by atoms with Crippen LogP contribution in [0.3, 0.4) is 0 Å². The van der Waals surface area contributed by atoms with Gasteiger partial charge < -0.3 is 10.2 Å². The average Bonchev–Trinajstić information content (AvgIpc) is 2.06. The van der Waals surface area contributed by atoms with Gasteiger partial charge in [-0.3, -0.25) is 4.79 Å². The Morgan fingerprint density at radius 1 is 1.25 bits per heavy atom. The summed E-state index contributed by atoms with van der Waals surface area (Å²) in [5.41, 5.74) is 0. The van der Waals surface area contributed by atoms with E-state index in [0.29, 0.717) is 5.92 Å². The normalized spacial score (nSPS) is 30.1. The predicted octanol–water partition coefficient (Wildman–Crippen LogP) is 1.26. The van der Waals surface area contributed by atoms with Crippen LogP contribution in [0.5, 0.6) is 0 Å². The summed E-state index contributed by atoms with van der Waals surface area (Å²) >= 11 is 0. The van der Waals surface area contributed by atoms with Crippen LogP contribution in [0.1, 0.15) is 32.1 Å². The van der Waals surface area contributed by atoms with Gasteiger partial charge >= 0.3 is 5.97 Å². The number of hydrogen-bond acceptors (Lipinski definition) is 2. The lowest BCUT2D eigenvalue weighted by Crippen LogP contribution is -2.21. The maximum Gasteiger partial charge on any atom is 0.306 e. The fourth-order valence-electron chi connectivity index (χ4n) is 1.88. The molecule has 0 aromatic heterocycles. The van der Waals surface area contributed by atoms with Gasteiger partial charge in [0.2, 0.25) is 0 Å². The monoisotopic (exact) mass is 172 g/mol. The molecule has 3 heteroatoms. The van der Waals surface area contributed by atoms with Gasteiger partial charge in [-0.25, -0.2) is 0 Å². The maximum atomic E-state index is 10.6. The van der Waals surface area contributed by atoms with Crippen LogP contribution in [0, 0.1) is 11.8 Å². The average molecular weight is 172 g/mol. The highest BCUT2D eigenvalue weighted by Gasteiger charge is 2.25. The molecule has 0 saturated heterocycles. The van der Waals surface area contributed by atoms with Crippen molar-refractivity contribution in [1.82, 2.24) is 0 Å². The molecular weight excluding hydrogens is 156 g/mol. The smallest absolute Gasteiger partial charge is 0.306 e. The van der Waals surface area contributed by atoms with Crippen LogP contribution >= 0.6 is 0 Å². The molecule has 0 aromatic carbocycles. The molecule has 70 valence electrons. The highest BCUT2D eigenvalue weighted by Crippen LogP contribution is 2.30. The molecule has 0 heterocycles. The highest BCUT2D eigenvalue weighted by atomic mass is 16.4. The molecule has 3 nitrogen and oxygen atoms in total. The third-order valence-corrected chi connectivity index (χ3v) is 2.73. The Bertz CT molecular complexity index is 148. The zero-order valence-electron chi connectivity index (χ0n) is 7.20. The van der Waals surface area contributed by atoms with Crippen LogP contribution in [0.25, 0.3) is 0 Å². The van der Waals surface area contributed by atoms with E-state index in [1.54, 1.807) is 0 Å². The van der Waals surface area contributed by atoms with Crippen LogP contribution in [-0.2, 0) is 4.79 Å². The Balaban J connectivity index is 2.25. The van der Waals surface area contributed by atoms with Crippen molar-refractivity contribution in [2.75, 3.05) is 6.61 Å². The van der Waals surface area contributed by atoms with Crippen LogP contribution in [-0.4, -0.2) is 22.8 Å². The lowest BCUT2D eigenvalue weighted by molar-refractivity contribution is -0.143. The molecule has 0 bridgehead atoms. The predicted molar refractivity (Wildman–Crippen MR) is 44.8 cm³/mol. The van der Waals surface area contributed by atoms with E-state index in [9.17, 15) is 4.79 Å². The Morgan fingerprint density at radius 2 is 1.83 bits per heavy atom. The first-order valence-electron chi connectivity index (χ1n) is 4.57. The first-order valence-corrected chi connectivity index (χ1v) is 4.57. The van der Waals surface area contributed by atoms with Crippen molar-refractivity contribution in [3.63, 3.8) is 0 Å². The molecule has 0 aromatic rings. The van der Waals surface area contributed by atoms with Crippen molar-refractivity contribution < 1.29 is 15.0 Å². The Morgan fingerprint density at radius 3 is 2.25 bits per heavy atom. The largest absolute Gasteiger partial charge is 0.481 e. The number of aliphatic carboxylic acids is 1. The summed E-state index contributed by atoms with van der Waals surface area (Å²) in [6.45, 7) is 0.238. The van der Waals surface area contributed by atoms with Gasteiger partial charge in [-0.2, -0.15) is 0 Å². The Kier molecular flexibility index (Phi) is 3.53. The molecule has 1 rings (SSSR count). The second kappa shape index (κ2) is 4.45. The first-order chi connectivity index (χ1) is 5.74. The molecule has 12 heavy (non-hydrogen) atoms. The van der Waals surface area contributed by atoms with Crippen LogP contribution < -0.4 is 0 Å². The standard InChI is InChI=1S/C9H16O3/c10-6-5-7-1-3-8(4-2-7)9(11)12/h7-8,10H,1-6H2,(H,11,12). The van der Waals surface area contributed by atoms with E-state index >= 15 is 0 Å². The molecule has 1 aliphatic rings. The summed E-state index contributed by atoms with van der Waals surface area (Å²) < 4.78 is 0. The van der Waals surface area contributed by atoms with Gasteiger partial charge in [0.1, 0.15) is 0 Å². The molecule has 0 aliphatic heterocycles. The fourth-order valence-corrected chi connectivity index (χ4v) is 1.88. The van der Waals surface area contributed by atoms with Gasteiger partial charge in [0.05, 0.1) is 5.92 Å². The van der Waals surface area contributed by atoms with Crippen molar-refractivity contribution in [2.45, 2.75) is 32.1 Å². The summed E-state index contributed by atoms with van der Waals surface area (Å²) in [5.74, 6) is -0.219. The Labute approximate surface area is 72.4 Å². The second-order valence-corrected chi connectivity index (χ2v) is 3.57. The minimum atomic E-state index is -0.655. The summed E-state index contributed by atoms with van der Waals surface area (Å²) in [4.78, 5) is 10.6. The van der Waals surface area contributed by atoms with Crippen LogP contribution in [0.4, 0.5) is 0 Å². The van der Waals surface area contributed by atoms with E-state index < -0.39 is 5.97 Å². The van der Waals surface area contributed by atoms with Crippen molar-refractivity contribution >= 4 is 5.97 Å². The number of aliphatic hydroxyl groups excluding tert-OH is 1. The van der Waals surface area contributed by atoms with Gasteiger partial charge in [0.25, 0.3) is 0 Å². The molecular formula is C9H16O3. The summed E-state index contributed by atoms with van der Waals surface area (Å²) in [7, 11) is 0. The van der Waals surface area contributed by atoms with Gasteiger partial charge in [-0.1, -0.05) is 0 Å². The molecule has 0 unspecified atom stereocenters. The number of hydrogen-bond donors (Lipinski definition) is 2. The number of carboxylic acids is 1. The topological polar surface area (TPSA) is 57.5 Å². The quantitative estimate of drug-likeness (QED) is 0.673. The van der Waals surface area contributed by atoms with Crippen molar-refractivity contribution in [1.29, 1.82) is 0 Å². The van der Waals surface area contributed by atoms with Crippen molar-refractivity contribution in [3.8, 4) is 0 Å². The number of carboxylic acid groups (broad SMARTS) is 1. The van der Waals surface area contributed by atoms with Gasteiger partial charge in [-0.05, 0) is 38.0 Å². The molecule has 1 fully saturated rings.